The molecule has 0 N–H and O–H groups in total. The average Bonchev–Trinajstić information content (AvgIpc) is 3.08. The van der Waals surface area contributed by atoms with E-state index in [-0.39, 0.29) is 67.1 Å². The summed E-state index contributed by atoms with van der Waals surface area (Å²) in [6.45, 7) is 7.04. The van der Waals surface area contributed by atoms with Gasteiger partial charge in [-0.05, 0) is 0 Å². The molecular weight excluding hydrogens is 555 g/mol. The van der Waals surface area contributed by atoms with Crippen molar-refractivity contribution in [3.63, 3.8) is 0 Å². The van der Waals surface area contributed by atoms with E-state index < -0.39 is 13.3 Å². The molecule has 4 rings (SSSR count). The Morgan fingerprint density at radius 2 is 0.868 bits per heavy atom. The van der Waals surface area contributed by atoms with Crippen LogP contribution >= 0.6 is 0 Å². The van der Waals surface area contributed by atoms with E-state index in [0.717, 1.165) is 18.2 Å². The number of ether oxygens (including phenoxy) is 6. The molecule has 0 amide bonds. The Kier molecular flexibility index (Phi) is 13.6. The smallest absolute Gasteiger partial charge is 1.00 e. The number of fused-ring (bicyclic) bond motifs is 1. The molecule has 2 aromatic carbocycles. The van der Waals surface area contributed by atoms with Crippen molar-refractivity contribution in [2.45, 2.75) is 0 Å². The first-order chi connectivity index (χ1) is 17.7. The maximum absolute atomic E-state index is 14.3. The van der Waals surface area contributed by atoms with Crippen molar-refractivity contribution in [2.24, 2.45) is 5.11 Å². The fourth-order valence-electron chi connectivity index (χ4n) is 3.50. The van der Waals surface area contributed by atoms with Crippen LogP contribution in [-0.4, -0.2) is 91.8 Å². The third-order valence-corrected chi connectivity index (χ3v) is 7.99. The van der Waals surface area contributed by atoms with Crippen molar-refractivity contribution in [1.29, 1.82) is 0 Å². The maximum Gasteiger partial charge on any atom is 1.00 e. The number of nitrogens with zero attached hydrogens (tertiary/aromatic N) is 2. The van der Waals surface area contributed by atoms with Gasteiger partial charge in [0.2, 0.25) is 0 Å². The third-order valence-electron chi connectivity index (χ3n) is 5.30. The Morgan fingerprint density at radius 3 is 1.24 bits per heavy atom. The van der Waals surface area contributed by atoms with Gasteiger partial charge in [0, 0.05) is 0 Å². The third kappa shape index (κ3) is 10.1. The van der Waals surface area contributed by atoms with Crippen LogP contribution in [0.25, 0.3) is 0 Å². The normalized spacial score (nSPS) is 23.9. The summed E-state index contributed by atoms with van der Waals surface area (Å²) in [7, 11) is -9.09. The summed E-state index contributed by atoms with van der Waals surface area (Å²) in [5.74, 6) is 0. The van der Waals surface area contributed by atoms with Gasteiger partial charge in [-0.2, -0.15) is 0 Å². The van der Waals surface area contributed by atoms with E-state index in [1.54, 1.807) is 6.07 Å². The van der Waals surface area contributed by atoms with Crippen LogP contribution in [0.4, 0.5) is 27.8 Å². The quantitative estimate of drug-likeness (QED) is 0.283. The zero-order chi connectivity index (χ0) is 26.5. The van der Waals surface area contributed by atoms with Gasteiger partial charge in [-0.25, -0.2) is 0 Å². The number of rotatable bonds is 1. The van der Waals surface area contributed by atoms with Crippen molar-refractivity contribution < 1.29 is 101 Å². The molecule has 208 valence electrons. The topological polar surface area (TPSA) is 70.8 Å². The van der Waals surface area contributed by atoms with Crippen LogP contribution in [-0.2, 0) is 28.4 Å². The van der Waals surface area contributed by atoms with Crippen molar-refractivity contribution in [3.8, 4) is 0 Å². The van der Waals surface area contributed by atoms with Gasteiger partial charge in [-0.3, -0.25) is 0 Å². The molecule has 38 heavy (non-hydrogen) atoms. The van der Waals surface area contributed by atoms with Crippen molar-refractivity contribution in [3.05, 3.63) is 54.6 Å². The average molecular weight is 589 g/mol. The van der Waals surface area contributed by atoms with Crippen LogP contribution in [0.1, 0.15) is 0 Å². The van der Waals surface area contributed by atoms with E-state index in [1.807, 2.05) is 0 Å². The molecule has 0 radical (unpaired) electrons. The van der Waals surface area contributed by atoms with Crippen molar-refractivity contribution in [1.82, 2.24) is 0 Å². The molecule has 0 saturated carbocycles. The van der Waals surface area contributed by atoms with E-state index in [1.165, 1.54) is 30.3 Å². The van der Waals surface area contributed by atoms with Crippen LogP contribution < -0.4 is 56.6 Å². The molecule has 0 bridgehead atoms. The molecule has 2 aliphatic rings. The minimum Gasteiger partial charge on any atom is 1.00 e. The molecule has 2 heterocycles. The van der Waals surface area contributed by atoms with Crippen LogP contribution in [0.2, 0.25) is 0 Å². The Bertz CT molecular complexity index is 941. The van der Waals surface area contributed by atoms with Crippen LogP contribution in [0, 0.1) is 0 Å². The molecule has 14 heteroatoms. The Hall–Kier alpha value is -0.627. The van der Waals surface area contributed by atoms with Gasteiger partial charge < -0.3 is 28.4 Å². The van der Waals surface area contributed by atoms with Crippen molar-refractivity contribution >= 4 is 24.7 Å². The molecule has 8 nitrogen and oxygen atoms in total. The predicted molar refractivity (Wildman–Crippen MR) is 130 cm³/mol. The number of para-hydroxylation sites is 1. The molecule has 0 aromatic heterocycles. The van der Waals surface area contributed by atoms with E-state index in [4.69, 9.17) is 28.4 Å². The Morgan fingerprint density at radius 1 is 0.526 bits per heavy atom. The molecule has 0 unspecified atom stereocenters. The Balaban J connectivity index is 0.000000261. The van der Waals surface area contributed by atoms with Gasteiger partial charge in [0.1, 0.15) is 0 Å². The second-order valence-corrected chi connectivity index (χ2v) is 11.7. The zero-order valence-electron chi connectivity index (χ0n) is 21.5. The van der Waals surface area contributed by atoms with Gasteiger partial charge in [0.05, 0.1) is 79.3 Å². The zero-order valence-corrected chi connectivity index (χ0v) is 25.7. The second-order valence-electron chi connectivity index (χ2n) is 8.20. The summed E-state index contributed by atoms with van der Waals surface area (Å²) >= 11 is 0. The van der Waals surface area contributed by atoms with Gasteiger partial charge in [-0.1, -0.05) is 0 Å². The number of hydrogen-bond donors (Lipinski definition) is 0. The molecule has 1 fully saturated rings. The molecule has 1 saturated heterocycles. The van der Waals surface area contributed by atoms with Crippen LogP contribution in [0.5, 0.6) is 0 Å². The fourth-order valence-corrected chi connectivity index (χ4v) is 5.77. The van der Waals surface area contributed by atoms with E-state index in [0.29, 0.717) is 79.3 Å². The van der Waals surface area contributed by atoms with Crippen molar-refractivity contribution in [2.75, 3.05) is 79.3 Å². The summed E-state index contributed by atoms with van der Waals surface area (Å²) < 4.78 is 88.9. The first-order valence-corrected chi connectivity index (χ1v) is 14.5. The molecule has 2 aliphatic heterocycles. The van der Waals surface area contributed by atoms with E-state index in [2.05, 4.69) is 5.11 Å². The molecule has 0 spiro atoms. The Labute approximate surface area is 262 Å². The number of halogens is 4. The standard InChI is InChI=1S/C12H9F4N2Si.C12H24O6.K/c13-19(14,15,16)12-9-5-4-8-11(12)17-18(19)10-6-2-1-3-7-10;1-2-14-5-6-16-9-10-18-12-11-17-8-7-15-4-3-13-1;/h1-9H;1-12H2;/q-1;;+1. The monoisotopic (exact) mass is 588 g/mol. The predicted octanol–water partition coefficient (Wildman–Crippen LogP) is 1.16. The summed E-state index contributed by atoms with van der Waals surface area (Å²) in [6.07, 6.45) is 0. The van der Waals surface area contributed by atoms with E-state index >= 15 is 0 Å². The molecule has 0 atom stereocenters. The number of benzene rings is 2. The van der Waals surface area contributed by atoms with Crippen LogP contribution in [0.15, 0.2) is 59.7 Å². The van der Waals surface area contributed by atoms with Crippen LogP contribution in [0.3, 0.4) is 0 Å². The molecule has 0 aliphatic carbocycles. The molecule has 2 aromatic rings. The first-order valence-electron chi connectivity index (χ1n) is 12.1. The maximum atomic E-state index is 14.3. The molecular formula is C24H33F4KN2O6Si. The largest absolute Gasteiger partial charge is 1.00 e. The summed E-state index contributed by atoms with van der Waals surface area (Å²) in [5.41, 5.74) is -0.705. The SMILES string of the molecule is C1COCCOCCOCCOCCOCCO1.F[Si-2]1(F)(F)(F)c2ccccc2N=[N+]1c1ccccc1.[K+]. The summed E-state index contributed by atoms with van der Waals surface area (Å²) in [6, 6.07) is 11.2. The van der Waals surface area contributed by atoms with Gasteiger partial charge >= 0.3 is 157 Å². The van der Waals surface area contributed by atoms with Gasteiger partial charge in [0.15, 0.2) is 0 Å². The minimum absolute atomic E-state index is 0. The van der Waals surface area contributed by atoms with Gasteiger partial charge in [-0.15, -0.1) is 0 Å². The number of hydrogen-bond acceptors (Lipinski definition) is 7. The summed E-state index contributed by atoms with van der Waals surface area (Å²) in [4.78, 5) is 0. The minimum atomic E-state index is -9.09. The summed E-state index contributed by atoms with van der Waals surface area (Å²) in [5, 5.41) is 2.16. The first kappa shape index (κ1) is 33.6. The second kappa shape index (κ2) is 15.4. The van der Waals surface area contributed by atoms with E-state index in [9.17, 15) is 16.4 Å². The fraction of sp³-hybridized carbons (Fsp3) is 0.500. The number of azo groups is 1. The van der Waals surface area contributed by atoms with Gasteiger partial charge in [0.25, 0.3) is 0 Å².